The van der Waals surface area contributed by atoms with Gasteiger partial charge in [0.25, 0.3) is 0 Å². The van der Waals surface area contributed by atoms with E-state index >= 15 is 0 Å². The minimum absolute atomic E-state index is 1.17. The van der Waals surface area contributed by atoms with Crippen molar-refractivity contribution in [3.63, 3.8) is 0 Å². The maximum absolute atomic E-state index is 2.40. The van der Waals surface area contributed by atoms with Crippen LogP contribution < -0.4 is 0 Å². The smallest absolute Gasteiger partial charge is 0.0541 e. The Kier molecular flexibility index (Phi) is 7.18. The quantitative estimate of drug-likeness (QED) is 0.157. The van der Waals surface area contributed by atoms with Crippen molar-refractivity contribution < 1.29 is 0 Å². The molecule has 0 bridgehead atoms. The number of nitrogens with zero attached hydrogens (tertiary/aromatic N) is 2. The molecule has 8 aromatic carbocycles. The van der Waals surface area contributed by atoms with Gasteiger partial charge in [0.05, 0.1) is 27.8 Å². The van der Waals surface area contributed by atoms with E-state index in [1.165, 1.54) is 88.4 Å². The highest BCUT2D eigenvalue weighted by atomic mass is 15.0. The Balaban J connectivity index is 0.918. The van der Waals surface area contributed by atoms with Gasteiger partial charge in [-0.15, -0.1) is 0 Å². The summed E-state index contributed by atoms with van der Waals surface area (Å²) in [5.74, 6) is 0. The van der Waals surface area contributed by atoms with Gasteiger partial charge in [-0.1, -0.05) is 164 Å². The fourth-order valence-electron chi connectivity index (χ4n) is 7.87. The first-order chi connectivity index (χ1) is 25.8. The van der Waals surface area contributed by atoms with Gasteiger partial charge in [0, 0.05) is 32.8 Å². The normalized spacial score (nSPS) is 11.8. The Morgan fingerprint density at radius 2 is 0.750 bits per heavy atom. The zero-order chi connectivity index (χ0) is 34.4. The fourth-order valence-corrected chi connectivity index (χ4v) is 7.87. The van der Waals surface area contributed by atoms with Gasteiger partial charge < -0.3 is 9.13 Å². The molecule has 0 aliphatic rings. The highest BCUT2D eigenvalue weighted by Gasteiger charge is 2.15. The molecule has 2 nitrogen and oxygen atoms in total. The summed E-state index contributed by atoms with van der Waals surface area (Å²) in [6, 6.07) is 70.0. The molecule has 0 amide bonds. The number of rotatable bonds is 6. The molecule has 0 aliphatic carbocycles. The molecule has 0 atom stereocenters. The molecule has 2 heterocycles. The van der Waals surface area contributed by atoms with Gasteiger partial charge in [-0.05, 0) is 70.3 Å². The van der Waals surface area contributed by atoms with Crippen LogP contribution in [0.25, 0.3) is 89.4 Å². The van der Waals surface area contributed by atoms with E-state index in [0.29, 0.717) is 0 Å². The highest BCUT2D eigenvalue weighted by molar-refractivity contribution is 6.10. The van der Waals surface area contributed by atoms with E-state index in [1.807, 2.05) is 0 Å². The van der Waals surface area contributed by atoms with Crippen LogP contribution in [0.2, 0.25) is 0 Å². The van der Waals surface area contributed by atoms with E-state index in [-0.39, 0.29) is 0 Å². The Hall–Kier alpha value is -6.90. The van der Waals surface area contributed by atoms with Gasteiger partial charge in [-0.2, -0.15) is 0 Å². The average Bonchev–Trinajstić information content (AvgIpc) is 3.74. The van der Waals surface area contributed by atoms with Crippen molar-refractivity contribution >= 4 is 55.8 Å². The molecule has 0 unspecified atom stereocenters. The maximum Gasteiger partial charge on any atom is 0.0541 e. The molecular weight excluding hydrogens is 629 g/mol. The zero-order valence-corrected chi connectivity index (χ0v) is 28.5. The van der Waals surface area contributed by atoms with Crippen molar-refractivity contribution in [3.05, 3.63) is 205 Å². The number of fused-ring (bicyclic) bond motifs is 6. The SMILES string of the molecule is C(=C\c1ccc(-c2ccccc2-n2c3ccccc3c3ccccc32)cc1)/c1ccc(-c2cccc(-n3c4ccccc4c4ccccc43)c2)cc1. The summed E-state index contributed by atoms with van der Waals surface area (Å²) in [6.45, 7) is 0. The van der Waals surface area contributed by atoms with E-state index in [2.05, 4.69) is 215 Å². The van der Waals surface area contributed by atoms with Gasteiger partial charge in [0.15, 0.2) is 0 Å². The molecule has 10 rings (SSSR count). The van der Waals surface area contributed by atoms with Crippen LogP contribution in [0.15, 0.2) is 194 Å². The van der Waals surface area contributed by atoms with E-state index in [9.17, 15) is 0 Å². The Morgan fingerprint density at radius 1 is 0.308 bits per heavy atom. The van der Waals surface area contributed by atoms with Crippen LogP contribution in [-0.2, 0) is 0 Å². The van der Waals surface area contributed by atoms with E-state index in [0.717, 1.165) is 0 Å². The fraction of sp³-hybridized carbons (Fsp3) is 0. The summed E-state index contributed by atoms with van der Waals surface area (Å²) >= 11 is 0. The summed E-state index contributed by atoms with van der Waals surface area (Å²) in [4.78, 5) is 0. The van der Waals surface area contributed by atoms with Crippen LogP contribution in [0.4, 0.5) is 0 Å². The lowest BCUT2D eigenvalue weighted by atomic mass is 10.0. The molecule has 0 aliphatic heterocycles. The Labute approximate surface area is 302 Å². The van der Waals surface area contributed by atoms with Gasteiger partial charge in [-0.25, -0.2) is 0 Å². The van der Waals surface area contributed by atoms with Crippen LogP contribution >= 0.6 is 0 Å². The molecule has 0 N–H and O–H groups in total. The number of hydrogen-bond acceptors (Lipinski definition) is 0. The molecule has 2 aromatic heterocycles. The van der Waals surface area contributed by atoms with Gasteiger partial charge in [0.2, 0.25) is 0 Å². The van der Waals surface area contributed by atoms with E-state index < -0.39 is 0 Å². The zero-order valence-electron chi connectivity index (χ0n) is 28.5. The second kappa shape index (κ2) is 12.5. The van der Waals surface area contributed by atoms with Gasteiger partial charge in [-0.3, -0.25) is 0 Å². The summed E-state index contributed by atoms with van der Waals surface area (Å²) in [5, 5.41) is 5.10. The second-order valence-electron chi connectivity index (χ2n) is 13.4. The third-order valence-electron chi connectivity index (χ3n) is 10.3. The maximum atomic E-state index is 2.40. The Bertz CT molecular complexity index is 2830. The summed E-state index contributed by atoms with van der Waals surface area (Å²) in [6.07, 6.45) is 4.39. The predicted octanol–water partition coefficient (Wildman–Crippen LogP) is 13.4. The van der Waals surface area contributed by atoms with Crippen molar-refractivity contribution in [2.24, 2.45) is 0 Å². The van der Waals surface area contributed by atoms with Crippen LogP contribution in [-0.4, -0.2) is 9.13 Å². The number of hydrogen-bond donors (Lipinski definition) is 0. The third kappa shape index (κ3) is 5.04. The van der Waals surface area contributed by atoms with Crippen molar-refractivity contribution in [3.8, 4) is 33.6 Å². The van der Waals surface area contributed by atoms with Crippen molar-refractivity contribution in [2.45, 2.75) is 0 Å². The highest BCUT2D eigenvalue weighted by Crippen LogP contribution is 2.37. The van der Waals surface area contributed by atoms with Crippen LogP contribution in [0.5, 0.6) is 0 Å². The predicted molar refractivity (Wildman–Crippen MR) is 221 cm³/mol. The minimum Gasteiger partial charge on any atom is -0.309 e. The van der Waals surface area contributed by atoms with Crippen molar-refractivity contribution in [1.29, 1.82) is 0 Å². The molecule has 2 heteroatoms. The van der Waals surface area contributed by atoms with Crippen LogP contribution in [0.1, 0.15) is 11.1 Å². The van der Waals surface area contributed by atoms with Gasteiger partial charge >= 0.3 is 0 Å². The van der Waals surface area contributed by atoms with Crippen LogP contribution in [0, 0.1) is 0 Å². The summed E-state index contributed by atoms with van der Waals surface area (Å²) in [5.41, 5.74) is 14.4. The third-order valence-corrected chi connectivity index (χ3v) is 10.3. The average molecular weight is 663 g/mol. The monoisotopic (exact) mass is 662 g/mol. The minimum atomic E-state index is 1.17. The molecule has 52 heavy (non-hydrogen) atoms. The molecule has 0 fully saturated rings. The molecule has 0 saturated carbocycles. The topological polar surface area (TPSA) is 9.86 Å². The second-order valence-corrected chi connectivity index (χ2v) is 13.4. The summed E-state index contributed by atoms with van der Waals surface area (Å²) in [7, 11) is 0. The number of aromatic nitrogens is 2. The Morgan fingerprint density at radius 3 is 1.29 bits per heavy atom. The van der Waals surface area contributed by atoms with Crippen LogP contribution in [0.3, 0.4) is 0 Å². The van der Waals surface area contributed by atoms with Crippen molar-refractivity contribution in [2.75, 3.05) is 0 Å². The van der Waals surface area contributed by atoms with E-state index in [1.54, 1.807) is 0 Å². The largest absolute Gasteiger partial charge is 0.309 e. The number of benzene rings is 8. The molecular formula is C50H34N2. The van der Waals surface area contributed by atoms with Crippen molar-refractivity contribution in [1.82, 2.24) is 9.13 Å². The first-order valence-electron chi connectivity index (χ1n) is 17.9. The standard InChI is InChI=1S/C50H34N2/c1-6-19-46(52-49-22-9-4-17-44(49)45-18-5-10-23-50(45)52)41(14-1)38-32-28-36(29-33-38)25-24-35-26-30-37(31-27-35)39-12-11-13-40(34-39)51-47-20-7-2-15-42(47)43-16-3-8-21-48(43)51/h1-34H/b25-24+. The molecule has 0 spiro atoms. The molecule has 0 radical (unpaired) electrons. The molecule has 244 valence electrons. The lowest BCUT2D eigenvalue weighted by Crippen LogP contribution is -1.96. The summed E-state index contributed by atoms with van der Waals surface area (Å²) < 4.78 is 4.78. The lowest BCUT2D eigenvalue weighted by molar-refractivity contribution is 1.18. The molecule has 0 saturated heterocycles. The first kappa shape index (κ1) is 30.0. The van der Waals surface area contributed by atoms with E-state index in [4.69, 9.17) is 0 Å². The van der Waals surface area contributed by atoms with Gasteiger partial charge in [0.1, 0.15) is 0 Å². The first-order valence-corrected chi connectivity index (χ1v) is 17.9. The lowest BCUT2D eigenvalue weighted by Gasteiger charge is -2.14. The molecule has 10 aromatic rings. The number of para-hydroxylation sites is 5.